The van der Waals surface area contributed by atoms with Crippen molar-refractivity contribution < 1.29 is 63.7 Å². The van der Waals surface area contributed by atoms with Crippen molar-refractivity contribution in [2.24, 2.45) is 0 Å². The van der Waals surface area contributed by atoms with Crippen molar-refractivity contribution in [3.8, 4) is 0 Å². The summed E-state index contributed by atoms with van der Waals surface area (Å²) >= 11 is 0. The first-order chi connectivity index (χ1) is 18.8. The SMILES string of the molecule is CCOC(=O)N1c2ccc(C(F)(F)F)cc2C([C@@](O)(C(=O)OC)c2cc(C(F)(F)F)cc(C(F)(F)F)c2)=CC1CC. The molecule has 3 rings (SSSR count). The molecule has 0 aliphatic carbocycles. The number of ether oxygens (including phenoxy) is 2. The molecule has 6 nitrogen and oxygen atoms in total. The summed E-state index contributed by atoms with van der Waals surface area (Å²) in [7, 11) is 0.671. The first kappa shape index (κ1) is 31.8. The van der Waals surface area contributed by atoms with Gasteiger partial charge < -0.3 is 14.6 Å². The average Bonchev–Trinajstić information content (AvgIpc) is 2.89. The highest BCUT2D eigenvalue weighted by Gasteiger charge is 2.50. The molecule has 41 heavy (non-hydrogen) atoms. The minimum absolute atomic E-state index is 0.0313. The minimum atomic E-state index is -5.39. The minimum Gasteiger partial charge on any atom is -0.466 e. The fraction of sp³-hybridized carbons (Fsp3) is 0.385. The zero-order valence-electron chi connectivity index (χ0n) is 21.5. The van der Waals surface area contributed by atoms with E-state index in [1.807, 2.05) is 0 Å². The molecule has 2 atom stereocenters. The highest BCUT2D eigenvalue weighted by atomic mass is 19.4. The van der Waals surface area contributed by atoms with E-state index in [9.17, 15) is 54.2 Å². The third-order valence-electron chi connectivity index (χ3n) is 6.32. The van der Waals surface area contributed by atoms with Crippen LogP contribution in [0.4, 0.5) is 50.0 Å². The molecule has 15 heteroatoms. The third kappa shape index (κ3) is 5.99. The van der Waals surface area contributed by atoms with Gasteiger partial charge in [0, 0.05) is 16.7 Å². The Morgan fingerprint density at radius 1 is 0.829 bits per heavy atom. The monoisotopic (exact) mass is 599 g/mol. The number of fused-ring (bicyclic) bond motifs is 1. The predicted octanol–water partition coefficient (Wildman–Crippen LogP) is 6.94. The second kappa shape index (κ2) is 10.9. The van der Waals surface area contributed by atoms with E-state index in [1.54, 1.807) is 0 Å². The number of aliphatic hydroxyl groups is 1. The maximum Gasteiger partial charge on any atom is 0.416 e. The van der Waals surface area contributed by atoms with Gasteiger partial charge in [-0.2, -0.15) is 39.5 Å². The van der Waals surface area contributed by atoms with Gasteiger partial charge in [-0.1, -0.05) is 13.0 Å². The van der Waals surface area contributed by atoms with Crippen molar-refractivity contribution in [3.63, 3.8) is 0 Å². The molecule has 0 fully saturated rings. The standard InChI is InChI=1S/C26H22F9NO5/c1-4-17-12-19(18-11-13(24(27,28)29)6-7-20(18)36(17)22(38)41-5-2)23(39,21(37)40-3)14-8-15(25(30,31)32)10-16(9-14)26(33,34)35/h6-12,17,39H,4-5H2,1-3H3/t17?,23-/m1/s1. The van der Waals surface area contributed by atoms with Crippen LogP contribution in [0.1, 0.15) is 48.1 Å². The van der Waals surface area contributed by atoms with Crippen LogP contribution >= 0.6 is 0 Å². The Bertz CT molecular complexity index is 1330. The molecule has 1 unspecified atom stereocenters. The number of hydrogen-bond donors (Lipinski definition) is 1. The first-order valence-corrected chi connectivity index (χ1v) is 11.8. The van der Waals surface area contributed by atoms with Gasteiger partial charge in [0.25, 0.3) is 0 Å². The van der Waals surface area contributed by atoms with Crippen molar-refractivity contribution in [1.82, 2.24) is 0 Å². The number of amides is 1. The van der Waals surface area contributed by atoms with E-state index in [2.05, 4.69) is 4.74 Å². The average molecular weight is 599 g/mol. The highest BCUT2D eigenvalue weighted by Crippen LogP contribution is 2.49. The number of nitrogens with zero attached hydrogens (tertiary/aromatic N) is 1. The normalized spacial score (nSPS) is 17.3. The van der Waals surface area contributed by atoms with Gasteiger partial charge in [-0.3, -0.25) is 4.90 Å². The van der Waals surface area contributed by atoms with Crippen LogP contribution in [0.5, 0.6) is 0 Å². The molecule has 1 amide bonds. The van der Waals surface area contributed by atoms with Gasteiger partial charge >= 0.3 is 30.6 Å². The second-order valence-corrected chi connectivity index (χ2v) is 8.85. The Kier molecular flexibility index (Phi) is 8.46. The van der Waals surface area contributed by atoms with Crippen molar-refractivity contribution in [3.05, 3.63) is 70.3 Å². The number of rotatable bonds is 5. The summed E-state index contributed by atoms with van der Waals surface area (Å²) in [6.45, 7) is 2.78. The summed E-state index contributed by atoms with van der Waals surface area (Å²) < 4.78 is 132. The van der Waals surface area contributed by atoms with E-state index in [4.69, 9.17) is 4.74 Å². The maximum atomic E-state index is 13.7. The molecule has 0 aromatic heterocycles. The lowest BCUT2D eigenvalue weighted by atomic mass is 9.77. The molecule has 1 aliphatic rings. The van der Waals surface area contributed by atoms with Gasteiger partial charge in [0.2, 0.25) is 5.60 Å². The largest absolute Gasteiger partial charge is 0.466 e. The number of hydrogen-bond acceptors (Lipinski definition) is 5. The van der Waals surface area contributed by atoms with Crippen LogP contribution in [0.3, 0.4) is 0 Å². The summed E-state index contributed by atoms with van der Waals surface area (Å²) in [4.78, 5) is 26.7. The molecule has 1 heterocycles. The number of methoxy groups -OCH3 is 1. The zero-order chi connectivity index (χ0) is 31.1. The lowest BCUT2D eigenvalue weighted by molar-refractivity contribution is -0.158. The Morgan fingerprint density at radius 3 is 1.78 bits per heavy atom. The van der Waals surface area contributed by atoms with Crippen LogP contribution in [0.2, 0.25) is 0 Å². The fourth-order valence-corrected chi connectivity index (χ4v) is 4.41. The summed E-state index contributed by atoms with van der Waals surface area (Å²) in [5, 5.41) is 11.7. The van der Waals surface area contributed by atoms with Crippen molar-refractivity contribution in [2.45, 2.75) is 50.4 Å². The van der Waals surface area contributed by atoms with Gasteiger partial charge in [-0.05, 0) is 49.7 Å². The number of alkyl halides is 9. The molecule has 2 aromatic carbocycles. The molecular formula is C26H22F9NO5. The molecular weight excluding hydrogens is 577 g/mol. The van der Waals surface area contributed by atoms with Gasteiger partial charge in [-0.25, -0.2) is 9.59 Å². The van der Waals surface area contributed by atoms with E-state index < -0.39 is 75.6 Å². The molecule has 0 saturated carbocycles. The lowest BCUT2D eigenvalue weighted by Gasteiger charge is -2.39. The number of anilines is 1. The summed E-state index contributed by atoms with van der Waals surface area (Å²) in [5.41, 5.74) is -11.8. The molecule has 0 bridgehead atoms. The van der Waals surface area contributed by atoms with Crippen LogP contribution in [0.15, 0.2) is 42.5 Å². The van der Waals surface area contributed by atoms with Crippen molar-refractivity contribution >= 4 is 23.3 Å². The second-order valence-electron chi connectivity index (χ2n) is 8.85. The van der Waals surface area contributed by atoms with Crippen LogP contribution in [0.25, 0.3) is 5.57 Å². The fourth-order valence-electron chi connectivity index (χ4n) is 4.41. The van der Waals surface area contributed by atoms with Crippen molar-refractivity contribution in [1.29, 1.82) is 0 Å². The summed E-state index contributed by atoms with van der Waals surface area (Å²) in [5.74, 6) is -1.79. The number of esters is 1. The Labute approximate surface area is 226 Å². The van der Waals surface area contributed by atoms with Crippen LogP contribution < -0.4 is 4.90 Å². The van der Waals surface area contributed by atoms with Crippen LogP contribution in [0, 0.1) is 0 Å². The van der Waals surface area contributed by atoms with Gasteiger partial charge in [0.1, 0.15) is 0 Å². The van der Waals surface area contributed by atoms with E-state index in [-0.39, 0.29) is 36.9 Å². The molecule has 2 aromatic rings. The van der Waals surface area contributed by atoms with Gasteiger partial charge in [-0.15, -0.1) is 0 Å². The van der Waals surface area contributed by atoms with E-state index in [0.717, 1.165) is 17.0 Å². The number of benzene rings is 2. The molecule has 224 valence electrons. The van der Waals surface area contributed by atoms with Crippen LogP contribution in [-0.4, -0.2) is 36.9 Å². The Morgan fingerprint density at radius 2 is 1.34 bits per heavy atom. The smallest absolute Gasteiger partial charge is 0.416 e. The predicted molar refractivity (Wildman–Crippen MR) is 125 cm³/mol. The molecule has 0 radical (unpaired) electrons. The molecule has 0 saturated heterocycles. The van der Waals surface area contributed by atoms with Gasteiger partial charge in [0.15, 0.2) is 0 Å². The van der Waals surface area contributed by atoms with E-state index in [0.29, 0.717) is 19.2 Å². The molecule has 0 spiro atoms. The summed E-state index contributed by atoms with van der Waals surface area (Å²) in [6.07, 6.45) is -16.0. The number of carbonyl (C=O) groups excluding carboxylic acids is 2. The van der Waals surface area contributed by atoms with Crippen LogP contribution in [-0.2, 0) is 38.4 Å². The van der Waals surface area contributed by atoms with E-state index in [1.165, 1.54) is 13.8 Å². The first-order valence-electron chi connectivity index (χ1n) is 11.8. The highest BCUT2D eigenvalue weighted by molar-refractivity contribution is 6.04. The maximum absolute atomic E-state index is 13.7. The number of halogens is 9. The van der Waals surface area contributed by atoms with Crippen molar-refractivity contribution in [2.75, 3.05) is 18.6 Å². The Hall–Kier alpha value is -3.75. The zero-order valence-corrected chi connectivity index (χ0v) is 21.5. The molecule has 1 N–H and O–H groups in total. The Balaban J connectivity index is 2.48. The topological polar surface area (TPSA) is 76.1 Å². The van der Waals surface area contributed by atoms with E-state index >= 15 is 0 Å². The summed E-state index contributed by atoms with van der Waals surface area (Å²) in [6, 6.07) is 0.518. The number of carbonyl (C=O) groups is 2. The quantitative estimate of drug-likeness (QED) is 0.298. The third-order valence-corrected chi connectivity index (χ3v) is 6.32. The molecule has 1 aliphatic heterocycles. The van der Waals surface area contributed by atoms with Gasteiger partial charge in [0.05, 0.1) is 42.1 Å². The lowest BCUT2D eigenvalue weighted by Crippen LogP contribution is -2.46.